The summed E-state index contributed by atoms with van der Waals surface area (Å²) in [5, 5.41) is 3.53. The first-order valence-electron chi connectivity index (χ1n) is 8.16. The normalized spacial score (nSPS) is 11.2. The van der Waals surface area contributed by atoms with Gasteiger partial charge in [0.1, 0.15) is 5.75 Å². The average Bonchev–Trinajstić information content (AvgIpc) is 2.50. The van der Waals surface area contributed by atoms with Crippen LogP contribution < -0.4 is 10.1 Å². The van der Waals surface area contributed by atoms with Gasteiger partial charge < -0.3 is 15.0 Å². The summed E-state index contributed by atoms with van der Waals surface area (Å²) in [4.78, 5) is 2.45. The van der Waals surface area contributed by atoms with E-state index in [2.05, 4.69) is 68.9 Å². The van der Waals surface area contributed by atoms with Gasteiger partial charge >= 0.3 is 0 Å². The molecule has 1 aromatic rings. The predicted octanol–water partition coefficient (Wildman–Crippen LogP) is 4.82. The molecule has 0 bridgehead atoms. The van der Waals surface area contributed by atoms with Gasteiger partial charge in [0, 0.05) is 16.6 Å². The summed E-state index contributed by atoms with van der Waals surface area (Å²) >= 11 is 7.15. The number of nitrogens with zero attached hydrogens (tertiary/aromatic N) is 1. The fourth-order valence-corrected chi connectivity index (χ4v) is 3.73. The van der Waals surface area contributed by atoms with E-state index in [1.54, 1.807) is 0 Å². The third-order valence-electron chi connectivity index (χ3n) is 3.57. The van der Waals surface area contributed by atoms with Crippen LogP contribution in [0.3, 0.4) is 0 Å². The molecule has 0 amide bonds. The standard InChI is InChI=1S/C17H28Br2N2O/c1-4-10-22-17-14(11-15(18)12-16(17)19)13-20-8-7-9-21(5-2)6-3/h11-12,20H,4-10,13H2,1-3H3. The lowest BCUT2D eigenvalue weighted by Gasteiger charge is -2.18. The van der Waals surface area contributed by atoms with Crippen LogP contribution in [0.15, 0.2) is 21.1 Å². The summed E-state index contributed by atoms with van der Waals surface area (Å²) < 4.78 is 7.97. The molecule has 0 saturated heterocycles. The number of hydrogen-bond acceptors (Lipinski definition) is 3. The number of rotatable bonds is 11. The second-order valence-corrected chi connectivity index (χ2v) is 7.05. The lowest BCUT2D eigenvalue weighted by atomic mass is 10.2. The van der Waals surface area contributed by atoms with Gasteiger partial charge in [-0.15, -0.1) is 0 Å². The third kappa shape index (κ3) is 6.99. The zero-order valence-electron chi connectivity index (χ0n) is 13.9. The SMILES string of the molecule is CCCOc1c(Br)cc(Br)cc1CNCCCN(CC)CC. The zero-order chi connectivity index (χ0) is 16.4. The Morgan fingerprint density at radius 3 is 2.50 bits per heavy atom. The summed E-state index contributed by atoms with van der Waals surface area (Å²) in [5.41, 5.74) is 1.19. The quantitative estimate of drug-likeness (QED) is 0.504. The van der Waals surface area contributed by atoms with E-state index in [-0.39, 0.29) is 0 Å². The minimum atomic E-state index is 0.745. The first kappa shape index (κ1) is 19.9. The van der Waals surface area contributed by atoms with E-state index in [1.807, 2.05) is 6.07 Å². The number of benzene rings is 1. The molecule has 0 aliphatic carbocycles. The number of nitrogens with one attached hydrogen (secondary N) is 1. The maximum atomic E-state index is 5.89. The molecule has 1 rings (SSSR count). The van der Waals surface area contributed by atoms with Crippen molar-refractivity contribution in [2.45, 2.75) is 40.2 Å². The van der Waals surface area contributed by atoms with E-state index in [0.717, 1.165) is 60.4 Å². The van der Waals surface area contributed by atoms with E-state index in [4.69, 9.17) is 4.74 Å². The predicted molar refractivity (Wildman–Crippen MR) is 102 cm³/mol. The first-order valence-corrected chi connectivity index (χ1v) is 9.74. The third-order valence-corrected chi connectivity index (χ3v) is 4.62. The molecular weight excluding hydrogens is 408 g/mol. The van der Waals surface area contributed by atoms with Crippen molar-refractivity contribution in [3.63, 3.8) is 0 Å². The van der Waals surface area contributed by atoms with E-state index in [9.17, 15) is 0 Å². The van der Waals surface area contributed by atoms with Gasteiger partial charge in [-0.25, -0.2) is 0 Å². The number of halogens is 2. The molecule has 0 aliphatic rings. The van der Waals surface area contributed by atoms with Gasteiger partial charge in [0.05, 0.1) is 11.1 Å². The van der Waals surface area contributed by atoms with E-state index in [0.29, 0.717) is 0 Å². The van der Waals surface area contributed by atoms with Crippen molar-refractivity contribution in [3.05, 3.63) is 26.6 Å². The highest BCUT2D eigenvalue weighted by atomic mass is 79.9. The van der Waals surface area contributed by atoms with Gasteiger partial charge in [-0.3, -0.25) is 0 Å². The van der Waals surface area contributed by atoms with E-state index >= 15 is 0 Å². The molecule has 22 heavy (non-hydrogen) atoms. The van der Waals surface area contributed by atoms with Crippen LogP contribution >= 0.6 is 31.9 Å². The molecule has 0 saturated carbocycles. The van der Waals surface area contributed by atoms with Crippen LogP contribution in [-0.2, 0) is 6.54 Å². The Morgan fingerprint density at radius 1 is 1.14 bits per heavy atom. The Balaban J connectivity index is 2.50. The molecule has 5 heteroatoms. The van der Waals surface area contributed by atoms with Gasteiger partial charge in [-0.1, -0.05) is 36.7 Å². The van der Waals surface area contributed by atoms with Crippen LogP contribution in [0.25, 0.3) is 0 Å². The minimum absolute atomic E-state index is 0.745. The molecule has 0 fully saturated rings. The molecule has 3 nitrogen and oxygen atoms in total. The topological polar surface area (TPSA) is 24.5 Å². The van der Waals surface area contributed by atoms with Crippen molar-refractivity contribution in [1.82, 2.24) is 10.2 Å². The fourth-order valence-electron chi connectivity index (χ4n) is 2.30. The molecule has 0 atom stereocenters. The molecule has 0 aliphatic heterocycles. The highest BCUT2D eigenvalue weighted by Crippen LogP contribution is 2.33. The second-order valence-electron chi connectivity index (χ2n) is 5.28. The number of hydrogen-bond donors (Lipinski definition) is 1. The molecule has 0 heterocycles. The van der Waals surface area contributed by atoms with Crippen molar-refractivity contribution in [2.75, 3.05) is 32.8 Å². The van der Waals surface area contributed by atoms with Gasteiger partial charge in [-0.05, 0) is 67.1 Å². The summed E-state index contributed by atoms with van der Waals surface area (Å²) in [6.07, 6.45) is 2.18. The Labute approximate surface area is 152 Å². The molecular formula is C17H28Br2N2O. The van der Waals surface area contributed by atoms with Crippen molar-refractivity contribution in [3.8, 4) is 5.75 Å². The Bertz CT molecular complexity index is 437. The maximum Gasteiger partial charge on any atom is 0.138 e. The van der Waals surface area contributed by atoms with E-state index < -0.39 is 0 Å². The lowest BCUT2D eigenvalue weighted by Crippen LogP contribution is -2.27. The second kappa shape index (κ2) is 11.4. The Kier molecular flexibility index (Phi) is 10.4. The van der Waals surface area contributed by atoms with Crippen LogP contribution in [0.4, 0.5) is 0 Å². The summed E-state index contributed by atoms with van der Waals surface area (Å²) in [5.74, 6) is 0.960. The number of ether oxygens (including phenoxy) is 1. The maximum absolute atomic E-state index is 5.89. The largest absolute Gasteiger partial charge is 0.492 e. The molecule has 1 aromatic carbocycles. The first-order chi connectivity index (χ1) is 10.6. The molecule has 0 spiro atoms. The minimum Gasteiger partial charge on any atom is -0.492 e. The lowest BCUT2D eigenvalue weighted by molar-refractivity contribution is 0.297. The van der Waals surface area contributed by atoms with Crippen LogP contribution in [-0.4, -0.2) is 37.7 Å². The van der Waals surface area contributed by atoms with Crippen LogP contribution in [0, 0.1) is 0 Å². The highest BCUT2D eigenvalue weighted by Gasteiger charge is 2.10. The summed E-state index contributed by atoms with van der Waals surface area (Å²) in [7, 11) is 0. The van der Waals surface area contributed by atoms with Crippen LogP contribution in [0.1, 0.15) is 39.2 Å². The van der Waals surface area contributed by atoms with Crippen LogP contribution in [0.5, 0.6) is 5.75 Å². The van der Waals surface area contributed by atoms with Gasteiger partial charge in [0.25, 0.3) is 0 Å². The van der Waals surface area contributed by atoms with Crippen molar-refractivity contribution in [2.24, 2.45) is 0 Å². The average molecular weight is 436 g/mol. The van der Waals surface area contributed by atoms with Gasteiger partial charge in [0.2, 0.25) is 0 Å². The molecule has 126 valence electrons. The van der Waals surface area contributed by atoms with Crippen molar-refractivity contribution >= 4 is 31.9 Å². The Morgan fingerprint density at radius 2 is 1.86 bits per heavy atom. The molecule has 0 unspecified atom stereocenters. The summed E-state index contributed by atoms with van der Waals surface area (Å²) in [6.45, 7) is 12.6. The monoisotopic (exact) mass is 434 g/mol. The fraction of sp³-hybridized carbons (Fsp3) is 0.647. The molecule has 0 aromatic heterocycles. The molecule has 1 N–H and O–H groups in total. The molecule has 0 radical (unpaired) electrons. The summed E-state index contributed by atoms with van der Waals surface area (Å²) in [6, 6.07) is 4.17. The van der Waals surface area contributed by atoms with E-state index in [1.165, 1.54) is 12.0 Å². The highest BCUT2D eigenvalue weighted by molar-refractivity contribution is 9.11. The van der Waals surface area contributed by atoms with Gasteiger partial charge in [-0.2, -0.15) is 0 Å². The van der Waals surface area contributed by atoms with Crippen molar-refractivity contribution < 1.29 is 4.74 Å². The smallest absolute Gasteiger partial charge is 0.138 e. The Hall–Kier alpha value is -0.100. The zero-order valence-corrected chi connectivity index (χ0v) is 17.1. The van der Waals surface area contributed by atoms with Crippen LogP contribution in [0.2, 0.25) is 0 Å². The van der Waals surface area contributed by atoms with Crippen molar-refractivity contribution in [1.29, 1.82) is 0 Å². The van der Waals surface area contributed by atoms with Gasteiger partial charge in [0.15, 0.2) is 0 Å².